The van der Waals surface area contributed by atoms with Crippen molar-refractivity contribution in [2.75, 3.05) is 0 Å². The van der Waals surface area contributed by atoms with Crippen LogP contribution < -0.4 is 5.32 Å². The van der Waals surface area contributed by atoms with Crippen molar-refractivity contribution >= 4 is 49.6 Å². The number of para-hydroxylation sites is 2. The number of rotatable bonds is 3. The van der Waals surface area contributed by atoms with Gasteiger partial charge in [0.15, 0.2) is 0 Å². The molecule has 8 aromatic rings. The molecule has 4 heterocycles. The lowest BCUT2D eigenvalue weighted by Gasteiger charge is -2.13. The summed E-state index contributed by atoms with van der Waals surface area (Å²) in [5, 5.41) is 9.30. The SMILES string of the molecule is Cc1c(C)n(-c2ccccc2)c2c1cc(-c1cccc3cc(-c4cccc5cccnc45)ccc13)c1oc3c(c12)C=CNC3. The largest absolute Gasteiger partial charge is 0.458 e. The summed E-state index contributed by atoms with van der Waals surface area (Å²) in [5.41, 5.74) is 12.6. The highest BCUT2D eigenvalue weighted by Crippen LogP contribution is 2.45. The number of aryl methyl sites for hydroxylation is 1. The molecule has 0 spiro atoms. The zero-order valence-electron chi connectivity index (χ0n) is 24.6. The van der Waals surface area contributed by atoms with Crippen molar-refractivity contribution in [3.05, 3.63) is 138 Å². The maximum atomic E-state index is 6.78. The first-order valence-electron chi connectivity index (χ1n) is 15.1. The van der Waals surface area contributed by atoms with Gasteiger partial charge in [-0.05, 0) is 83.9 Å². The molecule has 0 saturated carbocycles. The number of fused-ring (bicyclic) bond motifs is 7. The standard InChI is InChI=1S/C40H29N3O/c1-24-25(2)43(29-12-4-3-5-13-29)39-34(24)22-35(40-37(39)33-18-20-41-23-36(33)44-40)32-15-7-10-27-21-28(16-17-30(27)32)31-14-6-9-26-11-8-19-42-38(26)31/h3-22,41H,23H2,1-2H3. The fraction of sp³-hybridized carbons (Fsp3) is 0.0750. The molecule has 0 unspecified atom stereocenters. The lowest BCUT2D eigenvalue weighted by molar-refractivity contribution is 0.533. The highest BCUT2D eigenvalue weighted by molar-refractivity contribution is 6.18. The number of pyridine rings is 1. The third-order valence-corrected chi connectivity index (χ3v) is 9.31. The fourth-order valence-electron chi connectivity index (χ4n) is 7.10. The number of furan rings is 1. The van der Waals surface area contributed by atoms with E-state index >= 15 is 0 Å². The van der Waals surface area contributed by atoms with Gasteiger partial charge in [-0.15, -0.1) is 0 Å². The molecule has 44 heavy (non-hydrogen) atoms. The lowest BCUT2D eigenvalue weighted by atomic mass is 9.92. The average Bonchev–Trinajstić information content (AvgIpc) is 3.58. The van der Waals surface area contributed by atoms with Gasteiger partial charge in [0.2, 0.25) is 0 Å². The summed E-state index contributed by atoms with van der Waals surface area (Å²) < 4.78 is 9.18. The Morgan fingerprint density at radius 3 is 2.45 bits per heavy atom. The third kappa shape index (κ3) is 3.54. The molecular weight excluding hydrogens is 538 g/mol. The van der Waals surface area contributed by atoms with E-state index in [2.05, 4.69) is 127 Å². The monoisotopic (exact) mass is 567 g/mol. The average molecular weight is 568 g/mol. The normalized spacial score (nSPS) is 12.8. The van der Waals surface area contributed by atoms with Crippen molar-refractivity contribution in [3.8, 4) is 27.9 Å². The minimum absolute atomic E-state index is 0.670. The van der Waals surface area contributed by atoms with E-state index in [1.807, 2.05) is 18.5 Å². The maximum Gasteiger partial charge on any atom is 0.145 e. The van der Waals surface area contributed by atoms with Crippen LogP contribution in [0.25, 0.3) is 77.6 Å². The zero-order valence-corrected chi connectivity index (χ0v) is 24.6. The van der Waals surface area contributed by atoms with Crippen molar-refractivity contribution in [2.24, 2.45) is 0 Å². The molecule has 9 rings (SSSR count). The maximum absolute atomic E-state index is 6.78. The fourth-order valence-corrected chi connectivity index (χ4v) is 7.10. The molecule has 0 amide bonds. The van der Waals surface area contributed by atoms with Crippen LogP contribution in [0.1, 0.15) is 22.6 Å². The molecule has 1 N–H and O–H groups in total. The van der Waals surface area contributed by atoms with Crippen LogP contribution in [0.15, 0.2) is 120 Å². The van der Waals surface area contributed by atoms with Crippen LogP contribution in [0.5, 0.6) is 0 Å². The Kier molecular flexibility index (Phi) is 5.36. The van der Waals surface area contributed by atoms with Crippen LogP contribution in [-0.2, 0) is 6.54 Å². The first-order chi connectivity index (χ1) is 21.7. The predicted octanol–water partition coefficient (Wildman–Crippen LogP) is 10.1. The molecule has 0 fully saturated rings. The number of nitrogens with one attached hydrogen (secondary N) is 1. The van der Waals surface area contributed by atoms with E-state index in [0.717, 1.165) is 50.2 Å². The van der Waals surface area contributed by atoms with E-state index in [-0.39, 0.29) is 0 Å². The molecule has 3 aromatic heterocycles. The van der Waals surface area contributed by atoms with Gasteiger partial charge in [0.05, 0.1) is 23.0 Å². The Labute approximate surface area is 254 Å². The summed E-state index contributed by atoms with van der Waals surface area (Å²) in [5.74, 6) is 0.971. The zero-order chi connectivity index (χ0) is 29.4. The van der Waals surface area contributed by atoms with Crippen LogP contribution >= 0.6 is 0 Å². The molecule has 4 nitrogen and oxygen atoms in total. The number of hydrogen-bond acceptors (Lipinski definition) is 3. The highest BCUT2D eigenvalue weighted by atomic mass is 16.3. The smallest absolute Gasteiger partial charge is 0.145 e. The summed E-state index contributed by atoms with van der Waals surface area (Å²) in [6.45, 7) is 5.13. The number of aromatic nitrogens is 2. The molecule has 5 aromatic carbocycles. The molecule has 0 aliphatic carbocycles. The Bertz CT molecular complexity index is 2460. The minimum atomic E-state index is 0.670. The van der Waals surface area contributed by atoms with Gasteiger partial charge in [0, 0.05) is 45.0 Å². The Hall–Kier alpha value is -5.61. The van der Waals surface area contributed by atoms with E-state index in [4.69, 9.17) is 9.40 Å². The minimum Gasteiger partial charge on any atom is -0.458 e. The predicted molar refractivity (Wildman–Crippen MR) is 182 cm³/mol. The van der Waals surface area contributed by atoms with Gasteiger partial charge in [-0.2, -0.15) is 0 Å². The van der Waals surface area contributed by atoms with Crippen LogP contribution in [0, 0.1) is 13.8 Å². The van der Waals surface area contributed by atoms with Crippen LogP contribution in [-0.4, -0.2) is 9.55 Å². The van der Waals surface area contributed by atoms with Gasteiger partial charge in [0.25, 0.3) is 0 Å². The molecule has 0 atom stereocenters. The molecule has 1 aliphatic rings. The Morgan fingerprint density at radius 2 is 1.57 bits per heavy atom. The topological polar surface area (TPSA) is 43.0 Å². The first kappa shape index (κ1) is 24.9. The van der Waals surface area contributed by atoms with E-state index in [9.17, 15) is 0 Å². The van der Waals surface area contributed by atoms with Crippen LogP contribution in [0.2, 0.25) is 0 Å². The van der Waals surface area contributed by atoms with Crippen molar-refractivity contribution in [1.82, 2.24) is 14.9 Å². The second-order valence-electron chi connectivity index (χ2n) is 11.7. The van der Waals surface area contributed by atoms with Crippen LogP contribution in [0.3, 0.4) is 0 Å². The molecule has 0 saturated heterocycles. The van der Waals surface area contributed by atoms with Gasteiger partial charge in [0.1, 0.15) is 11.3 Å². The van der Waals surface area contributed by atoms with Crippen molar-refractivity contribution in [3.63, 3.8) is 0 Å². The summed E-state index contributed by atoms with van der Waals surface area (Å²) in [7, 11) is 0. The molecule has 1 aliphatic heterocycles. The second kappa shape index (κ2) is 9.45. The van der Waals surface area contributed by atoms with E-state index in [0.29, 0.717) is 6.54 Å². The molecule has 210 valence electrons. The third-order valence-electron chi connectivity index (χ3n) is 9.31. The van der Waals surface area contributed by atoms with Gasteiger partial charge >= 0.3 is 0 Å². The van der Waals surface area contributed by atoms with E-state index in [1.54, 1.807) is 0 Å². The van der Waals surface area contributed by atoms with Gasteiger partial charge < -0.3 is 14.3 Å². The summed E-state index contributed by atoms with van der Waals surface area (Å²) >= 11 is 0. The second-order valence-corrected chi connectivity index (χ2v) is 11.7. The van der Waals surface area contributed by atoms with Crippen molar-refractivity contribution in [2.45, 2.75) is 20.4 Å². The summed E-state index contributed by atoms with van der Waals surface area (Å²) in [6.07, 6.45) is 6.07. The van der Waals surface area contributed by atoms with Gasteiger partial charge in [-0.3, -0.25) is 4.98 Å². The van der Waals surface area contributed by atoms with Gasteiger partial charge in [-0.1, -0.05) is 72.8 Å². The molecular formula is C40H29N3O. The number of nitrogens with zero attached hydrogens (tertiary/aromatic N) is 2. The Morgan fingerprint density at radius 1 is 0.750 bits per heavy atom. The van der Waals surface area contributed by atoms with Gasteiger partial charge in [-0.25, -0.2) is 0 Å². The van der Waals surface area contributed by atoms with Crippen molar-refractivity contribution in [1.29, 1.82) is 0 Å². The summed E-state index contributed by atoms with van der Waals surface area (Å²) in [4.78, 5) is 4.71. The van der Waals surface area contributed by atoms with E-state index < -0.39 is 0 Å². The molecule has 4 heteroatoms. The Balaban J connectivity index is 1.33. The van der Waals surface area contributed by atoms with Crippen molar-refractivity contribution < 1.29 is 4.42 Å². The lowest BCUT2D eigenvalue weighted by Crippen LogP contribution is -2.08. The molecule has 0 radical (unpaired) electrons. The number of benzene rings is 5. The van der Waals surface area contributed by atoms with E-state index in [1.165, 1.54) is 43.9 Å². The summed E-state index contributed by atoms with van der Waals surface area (Å²) in [6, 6.07) is 36.9. The number of hydrogen-bond donors (Lipinski definition) is 1. The quantitative estimate of drug-likeness (QED) is 0.231. The highest BCUT2D eigenvalue weighted by Gasteiger charge is 2.26. The molecule has 0 bridgehead atoms. The first-order valence-corrected chi connectivity index (χ1v) is 15.1. The van der Waals surface area contributed by atoms with Crippen LogP contribution in [0.4, 0.5) is 0 Å².